The molecule has 0 fully saturated rings. The normalized spacial score (nSPS) is 17.6. The number of rotatable bonds is 8. The van der Waals surface area contributed by atoms with Crippen LogP contribution < -0.4 is 5.09 Å². The molecule has 0 saturated heterocycles. The lowest BCUT2D eigenvalue weighted by Crippen LogP contribution is -2.10. The van der Waals surface area contributed by atoms with Crippen molar-refractivity contribution < 1.29 is 4.52 Å². The van der Waals surface area contributed by atoms with Gasteiger partial charge in [0.15, 0.2) is 0 Å². The van der Waals surface area contributed by atoms with Gasteiger partial charge in [-0.25, -0.2) is 0 Å². The van der Waals surface area contributed by atoms with Gasteiger partial charge in [-0.05, 0) is 31.1 Å². The van der Waals surface area contributed by atoms with Crippen LogP contribution in [0.5, 0.6) is 0 Å². The molecule has 0 aliphatic carbocycles. The highest BCUT2D eigenvalue weighted by Gasteiger charge is 2.15. The molecule has 0 spiro atoms. The minimum absolute atomic E-state index is 0.336. The topological polar surface area (TPSA) is 33.6 Å². The third-order valence-corrected chi connectivity index (χ3v) is 7.96. The molecular formula is C10H23N2OPS2. The Kier molecular flexibility index (Phi) is 8.74. The fourth-order valence-corrected chi connectivity index (χ4v) is 4.57. The Hall–Kier alpha value is 0.430. The molecule has 0 aliphatic rings. The summed E-state index contributed by atoms with van der Waals surface area (Å²) in [6, 6.07) is 0.336. The summed E-state index contributed by atoms with van der Waals surface area (Å²) in [5, 5.41) is 3.14. The zero-order chi connectivity index (χ0) is 12.6. The highest BCUT2D eigenvalue weighted by atomic mass is 32.9. The van der Waals surface area contributed by atoms with Gasteiger partial charge < -0.3 is 9.61 Å². The Morgan fingerprint density at radius 3 is 2.56 bits per heavy atom. The Balaban J connectivity index is 4.16. The average molecular weight is 282 g/mol. The van der Waals surface area contributed by atoms with E-state index in [2.05, 4.69) is 37.8 Å². The molecule has 0 aliphatic heterocycles. The summed E-state index contributed by atoms with van der Waals surface area (Å²) < 4.78 is 5.39. The van der Waals surface area contributed by atoms with Crippen LogP contribution in [0.2, 0.25) is 0 Å². The van der Waals surface area contributed by atoms with Crippen molar-refractivity contribution >= 4 is 35.1 Å². The lowest BCUT2D eigenvalue weighted by Gasteiger charge is -2.19. The number of hydrogen-bond donors (Lipinski definition) is 1. The fourth-order valence-electron chi connectivity index (χ4n) is 0.727. The first-order chi connectivity index (χ1) is 7.43. The molecular weight excluding hydrogens is 259 g/mol. The Morgan fingerprint density at radius 2 is 2.12 bits per heavy atom. The van der Waals surface area contributed by atoms with Gasteiger partial charge in [0, 0.05) is 18.9 Å². The van der Waals surface area contributed by atoms with Crippen molar-refractivity contribution in [1.29, 1.82) is 0 Å². The van der Waals surface area contributed by atoms with Gasteiger partial charge in [-0.2, -0.15) is 0 Å². The summed E-state index contributed by atoms with van der Waals surface area (Å²) in [5.41, 5.74) is -1.97. The van der Waals surface area contributed by atoms with Crippen LogP contribution in [-0.2, 0) is 16.3 Å². The first kappa shape index (κ1) is 16.4. The van der Waals surface area contributed by atoms with Gasteiger partial charge in [0.05, 0.1) is 6.34 Å². The maximum absolute atomic E-state index is 5.46. The predicted octanol–water partition coefficient (Wildman–Crippen LogP) is 3.66. The molecule has 0 aromatic heterocycles. The molecule has 0 saturated carbocycles. The Morgan fingerprint density at radius 1 is 1.50 bits per heavy atom. The van der Waals surface area contributed by atoms with Crippen LogP contribution in [0.1, 0.15) is 34.1 Å². The first-order valence-electron chi connectivity index (χ1n) is 5.53. The Bertz CT molecular complexity index is 259. The van der Waals surface area contributed by atoms with Gasteiger partial charge >= 0.3 is 0 Å². The van der Waals surface area contributed by atoms with Crippen LogP contribution in [0.4, 0.5) is 0 Å². The van der Waals surface area contributed by atoms with E-state index in [4.69, 9.17) is 16.3 Å². The van der Waals surface area contributed by atoms with Crippen molar-refractivity contribution in [2.45, 2.75) is 40.2 Å². The summed E-state index contributed by atoms with van der Waals surface area (Å²) >= 11 is 7.15. The minimum Gasteiger partial charge on any atom is -0.330 e. The lowest BCUT2D eigenvalue weighted by molar-refractivity contribution is 0.467. The van der Waals surface area contributed by atoms with Gasteiger partial charge in [0.1, 0.15) is 0 Å². The van der Waals surface area contributed by atoms with E-state index in [-0.39, 0.29) is 0 Å². The quantitative estimate of drug-likeness (QED) is 0.418. The zero-order valence-corrected chi connectivity index (χ0v) is 13.3. The van der Waals surface area contributed by atoms with Crippen LogP contribution >= 0.6 is 17.0 Å². The summed E-state index contributed by atoms with van der Waals surface area (Å²) in [4.78, 5) is 4.33. The summed E-state index contributed by atoms with van der Waals surface area (Å²) in [7, 11) is 1.66. The van der Waals surface area contributed by atoms with Gasteiger partial charge in [-0.15, -0.1) is 0 Å². The predicted molar refractivity (Wildman–Crippen MR) is 80.0 cm³/mol. The zero-order valence-electron chi connectivity index (χ0n) is 10.8. The van der Waals surface area contributed by atoms with Crippen molar-refractivity contribution in [1.82, 2.24) is 5.09 Å². The van der Waals surface area contributed by atoms with E-state index in [1.165, 1.54) is 0 Å². The third kappa shape index (κ3) is 7.66. The lowest BCUT2D eigenvalue weighted by atomic mass is 10.3. The fraction of sp³-hybridized carbons (Fsp3) is 0.900. The molecule has 0 aromatic rings. The number of nitrogens with one attached hydrogen (secondary N) is 1. The van der Waals surface area contributed by atoms with Crippen LogP contribution in [0.3, 0.4) is 0 Å². The second kappa shape index (κ2) is 8.51. The maximum atomic E-state index is 5.46. The van der Waals surface area contributed by atoms with Crippen LogP contribution in [-0.4, -0.2) is 25.2 Å². The van der Waals surface area contributed by atoms with E-state index in [1.807, 2.05) is 0 Å². The second-order valence-electron chi connectivity index (χ2n) is 4.03. The second-order valence-corrected chi connectivity index (χ2v) is 10.8. The van der Waals surface area contributed by atoms with Crippen LogP contribution in [0, 0.1) is 5.92 Å². The molecule has 2 unspecified atom stereocenters. The number of hydrogen-bond acceptors (Lipinski definition) is 4. The van der Waals surface area contributed by atoms with Gasteiger partial charge in [0.2, 0.25) is 5.62 Å². The summed E-state index contributed by atoms with van der Waals surface area (Å²) in [5.74, 6) is 1.63. The minimum atomic E-state index is -1.97. The van der Waals surface area contributed by atoms with Gasteiger partial charge in [0.25, 0.3) is 0 Å². The largest absolute Gasteiger partial charge is 0.330 e. The highest BCUT2D eigenvalue weighted by Crippen LogP contribution is 2.55. The molecule has 3 nitrogen and oxygen atoms in total. The van der Waals surface area contributed by atoms with E-state index in [0.717, 1.165) is 12.2 Å². The molecule has 6 heteroatoms. The molecule has 0 radical (unpaired) electrons. The molecule has 16 heavy (non-hydrogen) atoms. The number of nitrogens with zero attached hydrogens (tertiary/aromatic N) is 1. The molecule has 0 rings (SSSR count). The van der Waals surface area contributed by atoms with E-state index in [0.29, 0.717) is 12.0 Å². The molecule has 0 bridgehead atoms. The van der Waals surface area contributed by atoms with Gasteiger partial charge in [-0.1, -0.05) is 32.2 Å². The average Bonchev–Trinajstić information content (AvgIpc) is 2.26. The molecule has 96 valence electrons. The monoisotopic (exact) mass is 282 g/mol. The smallest absolute Gasteiger partial charge is 0.210 e. The van der Waals surface area contributed by atoms with E-state index < -0.39 is 5.62 Å². The molecule has 0 heterocycles. The van der Waals surface area contributed by atoms with Crippen LogP contribution in [0.25, 0.3) is 0 Å². The van der Waals surface area contributed by atoms with E-state index >= 15 is 0 Å². The third-order valence-electron chi connectivity index (χ3n) is 1.95. The summed E-state index contributed by atoms with van der Waals surface area (Å²) in [6.07, 6.45) is 2.75. The molecule has 0 amide bonds. The summed E-state index contributed by atoms with van der Waals surface area (Å²) in [6.45, 7) is 8.54. The molecule has 0 aromatic carbocycles. The van der Waals surface area contributed by atoms with Crippen molar-refractivity contribution in [2.24, 2.45) is 10.9 Å². The molecule has 2 atom stereocenters. The number of aliphatic imine (C=N–C) groups is 1. The van der Waals surface area contributed by atoms with Crippen molar-refractivity contribution in [3.8, 4) is 0 Å². The van der Waals surface area contributed by atoms with Crippen molar-refractivity contribution in [3.05, 3.63) is 0 Å². The highest BCUT2D eigenvalue weighted by molar-refractivity contribution is 8.68. The van der Waals surface area contributed by atoms with E-state index in [1.54, 1.807) is 24.8 Å². The Labute approximate surface area is 109 Å². The van der Waals surface area contributed by atoms with Crippen LogP contribution in [0.15, 0.2) is 4.99 Å². The van der Waals surface area contributed by atoms with Crippen molar-refractivity contribution in [2.75, 3.05) is 12.9 Å². The SMILES string of the molecule is CCC(C)N=CNP(=S)(OC)SCC(C)C. The van der Waals surface area contributed by atoms with Crippen molar-refractivity contribution in [3.63, 3.8) is 0 Å². The first-order valence-corrected chi connectivity index (χ1v) is 9.84. The van der Waals surface area contributed by atoms with Gasteiger partial charge in [-0.3, -0.25) is 4.99 Å². The maximum Gasteiger partial charge on any atom is 0.210 e. The standard InChI is InChI=1S/C10H23N2OPS2/c1-6-10(4)11-8-12-14(15,13-5)16-7-9(2)3/h8-10H,6-7H2,1-5H3,(H,11,12,15). The molecule has 1 N–H and O–H groups in total. The van der Waals surface area contributed by atoms with E-state index in [9.17, 15) is 0 Å².